The normalized spacial score (nSPS) is 11.6. The van der Waals surface area contributed by atoms with Crippen LogP contribution in [0.2, 0.25) is 5.02 Å². The van der Waals surface area contributed by atoms with Crippen LogP contribution in [0.4, 0.5) is 5.69 Å². The van der Waals surface area contributed by atoms with E-state index in [1.165, 1.54) is 23.7 Å². The third-order valence-electron chi connectivity index (χ3n) is 3.55. The number of sulfonamides is 1. The largest absolute Gasteiger partial charge is 0.494 e. The number of ether oxygens (including phenoxy) is 1. The van der Waals surface area contributed by atoms with Crippen LogP contribution in [0.15, 0.2) is 50.5 Å². The van der Waals surface area contributed by atoms with Crippen LogP contribution < -0.4 is 15.2 Å². The van der Waals surface area contributed by atoms with Gasteiger partial charge in [-0.1, -0.05) is 11.6 Å². The van der Waals surface area contributed by atoms with Crippen molar-refractivity contribution in [1.82, 2.24) is 4.57 Å². The number of aromatic nitrogens is 1. The van der Waals surface area contributed by atoms with E-state index in [2.05, 4.69) is 4.72 Å². The van der Waals surface area contributed by atoms with E-state index in [9.17, 15) is 13.2 Å². The lowest BCUT2D eigenvalue weighted by molar-refractivity contribution is 0.340. The van der Waals surface area contributed by atoms with Gasteiger partial charge in [-0.15, -0.1) is 0 Å². The molecular weight excluding hydrogens is 368 g/mol. The van der Waals surface area contributed by atoms with E-state index in [1.54, 1.807) is 24.3 Å². The number of nitrogens with one attached hydrogen (secondary N) is 1. The lowest BCUT2D eigenvalue weighted by atomic mass is 10.3. The zero-order chi connectivity index (χ0) is 18.2. The minimum absolute atomic E-state index is 0.0117. The van der Waals surface area contributed by atoms with Gasteiger partial charge in [-0.05, 0) is 37.3 Å². The Morgan fingerprint density at radius 1 is 1.24 bits per heavy atom. The van der Waals surface area contributed by atoms with Gasteiger partial charge in [0.2, 0.25) is 0 Å². The molecule has 25 heavy (non-hydrogen) atoms. The smallest absolute Gasteiger partial charge is 0.419 e. The number of hydrogen-bond donors (Lipinski definition) is 1. The van der Waals surface area contributed by atoms with Crippen LogP contribution in [0.25, 0.3) is 11.1 Å². The summed E-state index contributed by atoms with van der Waals surface area (Å²) in [5, 5.41) is -0.0117. The van der Waals surface area contributed by atoms with E-state index >= 15 is 0 Å². The maximum atomic E-state index is 12.6. The van der Waals surface area contributed by atoms with Gasteiger partial charge in [-0.3, -0.25) is 9.29 Å². The van der Waals surface area contributed by atoms with Gasteiger partial charge in [0.15, 0.2) is 5.58 Å². The summed E-state index contributed by atoms with van der Waals surface area (Å²) in [5.41, 5.74) is 0.910. The molecule has 0 amide bonds. The van der Waals surface area contributed by atoms with E-state index in [1.807, 2.05) is 6.92 Å². The third-order valence-corrected chi connectivity index (χ3v) is 5.40. The topological polar surface area (TPSA) is 90.5 Å². The molecule has 0 aliphatic heterocycles. The Balaban J connectivity index is 1.98. The van der Waals surface area contributed by atoms with Gasteiger partial charge < -0.3 is 9.15 Å². The highest BCUT2D eigenvalue weighted by molar-refractivity contribution is 7.92. The standard InChI is InChI=1S/C16H15ClN2O5S/c1-3-23-11-6-4-10(5-7-11)18-25(21,22)15-9-14-13(8-12(15)17)19(2)16(20)24-14/h4-9,18H,3H2,1-2H3. The molecule has 3 aromatic rings. The van der Waals surface area contributed by atoms with Crippen LogP contribution >= 0.6 is 11.6 Å². The average Bonchev–Trinajstić information content (AvgIpc) is 2.83. The number of oxazole rings is 1. The van der Waals surface area contributed by atoms with Crippen molar-refractivity contribution in [3.8, 4) is 5.75 Å². The fourth-order valence-corrected chi connectivity index (χ4v) is 3.93. The Morgan fingerprint density at radius 3 is 2.56 bits per heavy atom. The summed E-state index contributed by atoms with van der Waals surface area (Å²) in [7, 11) is -2.45. The molecule has 0 saturated carbocycles. The molecule has 0 aliphatic carbocycles. The van der Waals surface area contributed by atoms with Crippen LogP contribution in [0.1, 0.15) is 6.92 Å². The van der Waals surface area contributed by atoms with Crippen molar-refractivity contribution in [2.75, 3.05) is 11.3 Å². The molecule has 0 spiro atoms. The molecule has 0 atom stereocenters. The molecule has 7 nitrogen and oxygen atoms in total. The average molecular weight is 383 g/mol. The van der Waals surface area contributed by atoms with Crippen LogP contribution in [0, 0.1) is 0 Å². The SMILES string of the molecule is CCOc1ccc(NS(=O)(=O)c2cc3oc(=O)n(C)c3cc2Cl)cc1. The maximum Gasteiger partial charge on any atom is 0.419 e. The van der Waals surface area contributed by atoms with Gasteiger partial charge in [0.1, 0.15) is 10.6 Å². The number of halogens is 1. The predicted octanol–water partition coefficient (Wildman–Crippen LogP) is 2.98. The fraction of sp³-hybridized carbons (Fsp3) is 0.188. The number of fused-ring (bicyclic) bond motifs is 1. The van der Waals surface area contributed by atoms with Crippen LogP contribution in [-0.2, 0) is 17.1 Å². The zero-order valence-corrected chi connectivity index (χ0v) is 15.0. The van der Waals surface area contributed by atoms with Crippen LogP contribution in [0.5, 0.6) is 5.75 Å². The molecule has 0 unspecified atom stereocenters. The van der Waals surface area contributed by atoms with Gasteiger partial charge in [0.05, 0.1) is 17.1 Å². The Bertz CT molecular complexity index is 1080. The molecule has 1 heterocycles. The Labute approximate surface area is 148 Å². The van der Waals surface area contributed by atoms with Crippen molar-refractivity contribution in [3.63, 3.8) is 0 Å². The first-order chi connectivity index (χ1) is 11.8. The minimum atomic E-state index is -3.96. The predicted molar refractivity (Wildman–Crippen MR) is 94.9 cm³/mol. The second-order valence-corrected chi connectivity index (χ2v) is 7.30. The third kappa shape index (κ3) is 3.35. The number of hydrogen-bond acceptors (Lipinski definition) is 5. The van der Waals surface area contributed by atoms with Gasteiger partial charge >= 0.3 is 5.76 Å². The second-order valence-electron chi connectivity index (χ2n) is 5.24. The van der Waals surface area contributed by atoms with Gasteiger partial charge in [-0.2, -0.15) is 0 Å². The molecule has 0 bridgehead atoms. The van der Waals surface area contributed by atoms with Crippen LogP contribution in [0.3, 0.4) is 0 Å². The summed E-state index contributed by atoms with van der Waals surface area (Å²) < 4.78 is 39.3. The quantitative estimate of drug-likeness (QED) is 0.732. The number of anilines is 1. The highest BCUT2D eigenvalue weighted by atomic mass is 35.5. The molecule has 132 valence electrons. The lowest BCUT2D eigenvalue weighted by Gasteiger charge is -2.10. The van der Waals surface area contributed by atoms with Crippen molar-refractivity contribution in [2.24, 2.45) is 7.05 Å². The van der Waals surface area contributed by atoms with Crippen LogP contribution in [-0.4, -0.2) is 19.6 Å². The summed E-state index contributed by atoms with van der Waals surface area (Å²) >= 11 is 6.11. The molecule has 9 heteroatoms. The molecule has 0 radical (unpaired) electrons. The van der Waals surface area contributed by atoms with E-state index in [-0.39, 0.29) is 15.5 Å². The minimum Gasteiger partial charge on any atom is -0.494 e. The maximum absolute atomic E-state index is 12.6. The molecule has 0 saturated heterocycles. The van der Waals surface area contributed by atoms with Crippen molar-refractivity contribution in [2.45, 2.75) is 11.8 Å². The highest BCUT2D eigenvalue weighted by Crippen LogP contribution is 2.29. The molecule has 1 N–H and O–H groups in total. The molecule has 2 aromatic carbocycles. The first kappa shape index (κ1) is 17.4. The molecule has 0 aliphatic rings. The summed E-state index contributed by atoms with van der Waals surface area (Å²) in [4.78, 5) is 11.4. The summed E-state index contributed by atoms with van der Waals surface area (Å²) in [6.45, 7) is 2.37. The van der Waals surface area contributed by atoms with E-state index < -0.39 is 15.8 Å². The molecule has 3 rings (SSSR count). The lowest BCUT2D eigenvalue weighted by Crippen LogP contribution is -2.13. The van der Waals surface area contributed by atoms with E-state index in [0.717, 1.165) is 0 Å². The monoisotopic (exact) mass is 382 g/mol. The Kier molecular flexibility index (Phi) is 4.49. The van der Waals surface area contributed by atoms with Crippen molar-refractivity contribution in [1.29, 1.82) is 0 Å². The van der Waals surface area contributed by atoms with Gasteiger partial charge in [0, 0.05) is 18.8 Å². The first-order valence-electron chi connectivity index (χ1n) is 7.36. The van der Waals surface area contributed by atoms with Crippen molar-refractivity contribution in [3.05, 3.63) is 52.0 Å². The summed E-state index contributed by atoms with van der Waals surface area (Å²) in [6.07, 6.45) is 0. The molecule has 1 aromatic heterocycles. The van der Waals surface area contributed by atoms with Crippen molar-refractivity contribution < 1.29 is 17.6 Å². The Morgan fingerprint density at radius 2 is 1.92 bits per heavy atom. The highest BCUT2D eigenvalue weighted by Gasteiger charge is 2.21. The summed E-state index contributed by atoms with van der Waals surface area (Å²) in [5.74, 6) is 0.0380. The van der Waals surface area contributed by atoms with Gasteiger partial charge in [-0.25, -0.2) is 13.2 Å². The van der Waals surface area contributed by atoms with Gasteiger partial charge in [0.25, 0.3) is 10.0 Å². The van der Waals surface area contributed by atoms with E-state index in [4.69, 9.17) is 20.8 Å². The Hall–Kier alpha value is -2.45. The summed E-state index contributed by atoms with van der Waals surface area (Å²) in [6, 6.07) is 9.09. The van der Waals surface area contributed by atoms with Crippen molar-refractivity contribution >= 4 is 38.4 Å². The van der Waals surface area contributed by atoms with E-state index in [0.29, 0.717) is 23.6 Å². The molecule has 0 fully saturated rings. The number of aryl methyl sites for hydroxylation is 1. The number of rotatable bonds is 5. The number of nitrogens with zero attached hydrogens (tertiary/aromatic N) is 1. The molecular formula is C16H15ClN2O5S. The number of benzene rings is 2. The second kappa shape index (κ2) is 6.45. The fourth-order valence-electron chi connectivity index (χ4n) is 2.33. The first-order valence-corrected chi connectivity index (χ1v) is 9.22. The zero-order valence-electron chi connectivity index (χ0n) is 13.4.